The SMILES string of the molecule is O=C(Nc1ccc(I)cc1)[C@H]1Cc2ccccc2CN1C(=O)c1cccc(Oc2ccccc2)c1. The van der Waals surface area contributed by atoms with Gasteiger partial charge in [-0.25, -0.2) is 0 Å². The number of carbonyl (C=O) groups excluding carboxylic acids is 2. The maximum absolute atomic E-state index is 13.7. The number of ether oxygens (including phenoxy) is 1. The third-order valence-corrected chi connectivity index (χ3v) is 6.70. The molecule has 1 aliphatic heterocycles. The van der Waals surface area contributed by atoms with Crippen LogP contribution in [0.15, 0.2) is 103 Å². The summed E-state index contributed by atoms with van der Waals surface area (Å²) in [5.74, 6) is 0.852. The van der Waals surface area contributed by atoms with Crippen LogP contribution in [0.4, 0.5) is 5.69 Å². The maximum Gasteiger partial charge on any atom is 0.254 e. The van der Waals surface area contributed by atoms with Gasteiger partial charge in [-0.1, -0.05) is 48.5 Å². The molecule has 0 saturated heterocycles. The van der Waals surface area contributed by atoms with Crippen LogP contribution in [0, 0.1) is 3.57 Å². The Morgan fingerprint density at radius 1 is 0.800 bits per heavy atom. The molecule has 4 aromatic carbocycles. The molecule has 35 heavy (non-hydrogen) atoms. The molecule has 0 aromatic heterocycles. The molecule has 0 fully saturated rings. The summed E-state index contributed by atoms with van der Waals surface area (Å²) in [4.78, 5) is 28.8. The monoisotopic (exact) mass is 574 g/mol. The molecule has 0 aliphatic carbocycles. The third kappa shape index (κ3) is 5.38. The van der Waals surface area contributed by atoms with Crippen LogP contribution in [0.1, 0.15) is 21.5 Å². The van der Waals surface area contributed by atoms with Gasteiger partial charge in [0.15, 0.2) is 0 Å². The van der Waals surface area contributed by atoms with Crippen LogP contribution in [-0.2, 0) is 17.8 Å². The molecule has 2 amide bonds. The topological polar surface area (TPSA) is 58.6 Å². The zero-order valence-electron chi connectivity index (χ0n) is 18.9. The van der Waals surface area contributed by atoms with E-state index < -0.39 is 6.04 Å². The van der Waals surface area contributed by atoms with Gasteiger partial charge in [-0.2, -0.15) is 0 Å². The smallest absolute Gasteiger partial charge is 0.254 e. The molecule has 1 N–H and O–H groups in total. The van der Waals surface area contributed by atoms with Gasteiger partial charge in [-0.05, 0) is 88.3 Å². The van der Waals surface area contributed by atoms with Gasteiger partial charge in [-0.15, -0.1) is 0 Å². The number of anilines is 1. The van der Waals surface area contributed by atoms with E-state index in [1.54, 1.807) is 23.1 Å². The first-order valence-electron chi connectivity index (χ1n) is 11.3. The summed E-state index contributed by atoms with van der Waals surface area (Å²) in [6.45, 7) is 0.365. The van der Waals surface area contributed by atoms with E-state index in [0.717, 1.165) is 14.7 Å². The standard InChI is InChI=1S/C29H23IN2O3/c30-23-13-15-24(16-14-23)31-28(33)27-18-20-7-4-5-8-22(20)19-32(27)29(34)21-9-6-12-26(17-21)35-25-10-2-1-3-11-25/h1-17,27H,18-19H2,(H,31,33)/t27-/m1/s1. The number of benzene rings is 4. The number of fused-ring (bicyclic) bond motifs is 1. The molecule has 0 saturated carbocycles. The van der Waals surface area contributed by atoms with Crippen molar-refractivity contribution in [3.63, 3.8) is 0 Å². The summed E-state index contributed by atoms with van der Waals surface area (Å²) in [7, 11) is 0. The normalized spacial score (nSPS) is 14.7. The van der Waals surface area contributed by atoms with Crippen molar-refractivity contribution in [3.8, 4) is 11.5 Å². The molecule has 4 aromatic rings. The van der Waals surface area contributed by atoms with Crippen LogP contribution in [0.2, 0.25) is 0 Å². The van der Waals surface area contributed by atoms with Gasteiger partial charge in [0.05, 0.1) is 0 Å². The molecular weight excluding hydrogens is 551 g/mol. The average Bonchev–Trinajstić information content (AvgIpc) is 2.89. The fourth-order valence-electron chi connectivity index (χ4n) is 4.21. The number of halogens is 1. The largest absolute Gasteiger partial charge is 0.457 e. The lowest BCUT2D eigenvalue weighted by atomic mass is 9.92. The summed E-state index contributed by atoms with van der Waals surface area (Å²) in [5, 5.41) is 2.99. The number of amides is 2. The highest BCUT2D eigenvalue weighted by Crippen LogP contribution is 2.28. The summed E-state index contributed by atoms with van der Waals surface area (Å²) >= 11 is 2.23. The van der Waals surface area contributed by atoms with Crippen LogP contribution < -0.4 is 10.1 Å². The molecule has 0 spiro atoms. The Morgan fingerprint density at radius 2 is 1.49 bits per heavy atom. The summed E-state index contributed by atoms with van der Waals surface area (Å²) < 4.78 is 7.01. The Morgan fingerprint density at radius 3 is 2.26 bits per heavy atom. The molecule has 5 nitrogen and oxygen atoms in total. The second kappa shape index (κ2) is 10.3. The van der Waals surface area contributed by atoms with Crippen LogP contribution in [0.25, 0.3) is 0 Å². The first-order chi connectivity index (χ1) is 17.1. The lowest BCUT2D eigenvalue weighted by molar-refractivity contribution is -0.121. The van der Waals surface area contributed by atoms with Gasteiger partial charge in [-0.3, -0.25) is 9.59 Å². The molecule has 1 heterocycles. The number of nitrogens with one attached hydrogen (secondary N) is 1. The van der Waals surface area contributed by atoms with Gasteiger partial charge >= 0.3 is 0 Å². The quantitative estimate of drug-likeness (QED) is 0.285. The molecule has 0 bridgehead atoms. The van der Waals surface area contributed by atoms with Gasteiger partial charge in [0.2, 0.25) is 5.91 Å². The molecule has 6 heteroatoms. The van der Waals surface area contributed by atoms with Gasteiger partial charge in [0, 0.05) is 27.8 Å². The fourth-order valence-corrected chi connectivity index (χ4v) is 4.57. The van der Waals surface area contributed by atoms with Crippen molar-refractivity contribution in [1.82, 2.24) is 4.90 Å². The molecule has 0 unspecified atom stereocenters. The van der Waals surface area contributed by atoms with Crippen LogP contribution in [-0.4, -0.2) is 22.8 Å². The Bertz CT molecular complexity index is 1360. The molecule has 1 atom stereocenters. The first-order valence-corrected chi connectivity index (χ1v) is 12.4. The number of hydrogen-bond acceptors (Lipinski definition) is 3. The van der Waals surface area contributed by atoms with Gasteiger partial charge in [0.1, 0.15) is 17.5 Å². The van der Waals surface area contributed by atoms with Crippen LogP contribution >= 0.6 is 22.6 Å². The van der Waals surface area contributed by atoms with E-state index in [1.807, 2.05) is 84.9 Å². The van der Waals surface area contributed by atoms with Crippen LogP contribution in [0.5, 0.6) is 11.5 Å². The number of hydrogen-bond donors (Lipinski definition) is 1. The zero-order chi connectivity index (χ0) is 24.2. The number of carbonyl (C=O) groups is 2. The molecule has 174 valence electrons. The van der Waals surface area contributed by atoms with Crippen molar-refractivity contribution in [2.45, 2.75) is 19.0 Å². The fraction of sp³-hybridized carbons (Fsp3) is 0.103. The van der Waals surface area contributed by atoms with E-state index in [9.17, 15) is 9.59 Å². The molecule has 1 aliphatic rings. The maximum atomic E-state index is 13.7. The van der Waals surface area contributed by atoms with Crippen molar-refractivity contribution in [2.24, 2.45) is 0 Å². The highest BCUT2D eigenvalue weighted by molar-refractivity contribution is 14.1. The van der Waals surface area contributed by atoms with E-state index in [-0.39, 0.29) is 11.8 Å². The second-order valence-electron chi connectivity index (χ2n) is 8.36. The van der Waals surface area contributed by atoms with Crippen molar-refractivity contribution in [1.29, 1.82) is 0 Å². The molecule has 5 rings (SSSR count). The zero-order valence-corrected chi connectivity index (χ0v) is 21.0. The number of nitrogens with zero attached hydrogens (tertiary/aromatic N) is 1. The van der Waals surface area contributed by atoms with E-state index in [0.29, 0.717) is 35.7 Å². The minimum absolute atomic E-state index is 0.203. The number of rotatable bonds is 5. The Balaban J connectivity index is 1.42. The third-order valence-electron chi connectivity index (χ3n) is 5.98. The van der Waals surface area contributed by atoms with E-state index in [2.05, 4.69) is 27.9 Å². The lowest BCUT2D eigenvalue weighted by Crippen LogP contribution is -2.50. The first kappa shape index (κ1) is 23.1. The lowest BCUT2D eigenvalue weighted by Gasteiger charge is -2.36. The highest BCUT2D eigenvalue weighted by atomic mass is 127. The Kier molecular flexibility index (Phi) is 6.81. The van der Waals surface area contributed by atoms with Gasteiger partial charge < -0.3 is 15.0 Å². The average molecular weight is 574 g/mol. The van der Waals surface area contributed by atoms with Crippen molar-refractivity contribution in [3.05, 3.63) is 123 Å². The van der Waals surface area contributed by atoms with E-state index >= 15 is 0 Å². The summed E-state index contributed by atoms with van der Waals surface area (Å²) in [6.07, 6.45) is 0.457. The molecule has 0 radical (unpaired) electrons. The predicted octanol–water partition coefficient (Wildman–Crippen LogP) is 6.29. The predicted molar refractivity (Wildman–Crippen MR) is 145 cm³/mol. The van der Waals surface area contributed by atoms with E-state index in [4.69, 9.17) is 4.74 Å². The second-order valence-corrected chi connectivity index (χ2v) is 9.61. The van der Waals surface area contributed by atoms with Crippen molar-refractivity contribution >= 4 is 40.1 Å². The van der Waals surface area contributed by atoms with Gasteiger partial charge in [0.25, 0.3) is 5.91 Å². The van der Waals surface area contributed by atoms with Crippen LogP contribution in [0.3, 0.4) is 0 Å². The number of para-hydroxylation sites is 1. The Labute approximate surface area is 217 Å². The van der Waals surface area contributed by atoms with Crippen molar-refractivity contribution in [2.75, 3.05) is 5.32 Å². The minimum atomic E-state index is -0.629. The highest BCUT2D eigenvalue weighted by Gasteiger charge is 2.35. The minimum Gasteiger partial charge on any atom is -0.457 e. The van der Waals surface area contributed by atoms with Crippen molar-refractivity contribution < 1.29 is 14.3 Å². The summed E-state index contributed by atoms with van der Waals surface area (Å²) in [6, 6.07) is 31.5. The molecular formula is C29H23IN2O3. The summed E-state index contributed by atoms with van der Waals surface area (Å²) in [5.41, 5.74) is 3.32. The van der Waals surface area contributed by atoms with E-state index in [1.165, 1.54) is 0 Å². The Hall–Kier alpha value is -3.65.